The van der Waals surface area contributed by atoms with Gasteiger partial charge in [-0.1, -0.05) is 36.4 Å². The predicted octanol–water partition coefficient (Wildman–Crippen LogP) is 3.45. The van der Waals surface area contributed by atoms with Crippen LogP contribution < -0.4 is 5.32 Å². The Morgan fingerprint density at radius 2 is 1.96 bits per heavy atom. The SMILES string of the molecule is CN1[C@H](CO)C[C@H](CNCc2cc3ccccc3[nH]2)[C@@H]1c1ccccc1F. The first kappa shape index (κ1) is 18.2. The van der Waals surface area contributed by atoms with E-state index >= 15 is 0 Å². The summed E-state index contributed by atoms with van der Waals surface area (Å²) < 4.78 is 14.4. The first-order chi connectivity index (χ1) is 13.2. The van der Waals surface area contributed by atoms with E-state index < -0.39 is 0 Å². The largest absolute Gasteiger partial charge is 0.395 e. The van der Waals surface area contributed by atoms with Gasteiger partial charge in [0.25, 0.3) is 0 Å². The van der Waals surface area contributed by atoms with E-state index in [-0.39, 0.29) is 30.4 Å². The molecule has 0 bridgehead atoms. The van der Waals surface area contributed by atoms with Crippen LogP contribution in [-0.4, -0.2) is 41.2 Å². The van der Waals surface area contributed by atoms with Gasteiger partial charge in [-0.2, -0.15) is 0 Å². The third kappa shape index (κ3) is 3.63. The highest BCUT2D eigenvalue weighted by Gasteiger charge is 2.40. The normalized spacial score (nSPS) is 23.3. The molecular weight excluding hydrogens is 341 g/mol. The number of nitrogens with one attached hydrogen (secondary N) is 2. The highest BCUT2D eigenvalue weighted by molar-refractivity contribution is 5.80. The molecule has 0 amide bonds. The standard InChI is InChI=1S/C22H26FN3O/c1-26-18(14-27)11-16(22(26)19-7-3-4-8-20(19)23)12-24-13-17-10-15-6-2-5-9-21(15)25-17/h2-10,16,18,22,24-25,27H,11-14H2,1H3/t16-,18+,22-/m1/s1. The van der Waals surface area contributed by atoms with Crippen LogP contribution in [0.5, 0.6) is 0 Å². The highest BCUT2D eigenvalue weighted by Crippen LogP contribution is 2.40. The fourth-order valence-corrected chi connectivity index (χ4v) is 4.41. The van der Waals surface area contributed by atoms with E-state index in [1.807, 2.05) is 31.3 Å². The zero-order valence-electron chi connectivity index (χ0n) is 15.5. The molecule has 0 radical (unpaired) electrons. The first-order valence-electron chi connectivity index (χ1n) is 9.52. The number of hydrogen-bond acceptors (Lipinski definition) is 3. The Hall–Kier alpha value is -2.21. The molecule has 2 aromatic carbocycles. The summed E-state index contributed by atoms with van der Waals surface area (Å²) in [7, 11) is 1.98. The van der Waals surface area contributed by atoms with Gasteiger partial charge in [-0.05, 0) is 43.0 Å². The maximum atomic E-state index is 14.4. The van der Waals surface area contributed by atoms with Crippen molar-refractivity contribution >= 4 is 10.9 Å². The van der Waals surface area contributed by atoms with Crippen LogP contribution in [0.3, 0.4) is 0 Å². The topological polar surface area (TPSA) is 51.3 Å². The molecule has 1 fully saturated rings. The van der Waals surface area contributed by atoms with Crippen LogP contribution in [0.4, 0.5) is 4.39 Å². The van der Waals surface area contributed by atoms with Gasteiger partial charge in [-0.25, -0.2) is 4.39 Å². The maximum absolute atomic E-state index is 14.4. The number of nitrogens with zero attached hydrogens (tertiary/aromatic N) is 1. The van der Waals surface area contributed by atoms with Gasteiger partial charge in [0.2, 0.25) is 0 Å². The van der Waals surface area contributed by atoms with E-state index in [1.165, 1.54) is 11.5 Å². The van der Waals surface area contributed by atoms with Crippen molar-refractivity contribution in [1.29, 1.82) is 0 Å². The molecule has 0 aliphatic carbocycles. The summed E-state index contributed by atoms with van der Waals surface area (Å²) in [5, 5.41) is 14.4. The van der Waals surface area contributed by atoms with Gasteiger partial charge in [0.15, 0.2) is 0 Å². The number of aliphatic hydroxyl groups is 1. The molecule has 3 atom stereocenters. The number of aliphatic hydroxyl groups excluding tert-OH is 1. The Kier molecular flexibility index (Phi) is 5.25. The second-order valence-corrected chi connectivity index (χ2v) is 7.48. The number of hydrogen-bond donors (Lipinski definition) is 3. The lowest BCUT2D eigenvalue weighted by Gasteiger charge is -2.28. The number of rotatable bonds is 6. The number of benzene rings is 2. The molecule has 5 heteroatoms. The summed E-state index contributed by atoms with van der Waals surface area (Å²) in [5.41, 5.74) is 3.00. The van der Waals surface area contributed by atoms with Crippen LogP contribution >= 0.6 is 0 Å². The summed E-state index contributed by atoms with van der Waals surface area (Å²) in [6.45, 7) is 1.61. The Morgan fingerprint density at radius 1 is 1.19 bits per heavy atom. The average molecular weight is 367 g/mol. The molecule has 2 heterocycles. The van der Waals surface area contributed by atoms with Crippen molar-refractivity contribution in [2.45, 2.75) is 25.0 Å². The molecule has 0 unspecified atom stereocenters. The number of aromatic nitrogens is 1. The summed E-state index contributed by atoms with van der Waals surface area (Å²) >= 11 is 0. The minimum absolute atomic E-state index is 0.0291. The van der Waals surface area contributed by atoms with Crippen LogP contribution in [0.25, 0.3) is 10.9 Å². The zero-order valence-corrected chi connectivity index (χ0v) is 15.5. The molecule has 4 rings (SSSR count). The molecule has 1 aromatic heterocycles. The fraction of sp³-hybridized carbons (Fsp3) is 0.364. The van der Waals surface area contributed by atoms with E-state index in [1.54, 1.807) is 6.07 Å². The number of fused-ring (bicyclic) bond motifs is 1. The molecule has 0 spiro atoms. The molecule has 1 aliphatic heterocycles. The summed E-state index contributed by atoms with van der Waals surface area (Å²) in [6.07, 6.45) is 0.853. The molecule has 4 nitrogen and oxygen atoms in total. The quantitative estimate of drug-likeness (QED) is 0.625. The van der Waals surface area contributed by atoms with Crippen molar-refractivity contribution in [2.75, 3.05) is 20.2 Å². The molecule has 1 saturated heterocycles. The first-order valence-corrected chi connectivity index (χ1v) is 9.52. The van der Waals surface area contributed by atoms with E-state index in [9.17, 15) is 9.50 Å². The maximum Gasteiger partial charge on any atom is 0.127 e. The predicted molar refractivity (Wildman–Crippen MR) is 106 cm³/mol. The number of likely N-dealkylation sites (tertiary alicyclic amines) is 1. The second-order valence-electron chi connectivity index (χ2n) is 7.48. The van der Waals surface area contributed by atoms with Crippen molar-refractivity contribution in [3.05, 3.63) is 71.7 Å². The number of halogens is 1. The molecule has 0 saturated carbocycles. The molecule has 3 aromatic rings. The van der Waals surface area contributed by atoms with Gasteiger partial charge >= 0.3 is 0 Å². The number of para-hydroxylation sites is 1. The number of aromatic amines is 1. The van der Waals surface area contributed by atoms with E-state index in [2.05, 4.69) is 33.4 Å². The molecular formula is C22H26FN3O. The van der Waals surface area contributed by atoms with Crippen molar-refractivity contribution in [3.8, 4) is 0 Å². The van der Waals surface area contributed by atoms with Gasteiger partial charge in [-0.15, -0.1) is 0 Å². The molecule has 1 aliphatic rings. The van der Waals surface area contributed by atoms with E-state index in [0.717, 1.165) is 30.7 Å². The average Bonchev–Trinajstić information content (AvgIpc) is 3.23. The van der Waals surface area contributed by atoms with Gasteiger partial charge in [0.1, 0.15) is 5.82 Å². The minimum Gasteiger partial charge on any atom is -0.395 e. The lowest BCUT2D eigenvalue weighted by atomic mass is 9.92. The minimum atomic E-state index is -0.173. The summed E-state index contributed by atoms with van der Waals surface area (Å²) in [4.78, 5) is 5.55. The van der Waals surface area contributed by atoms with Crippen LogP contribution in [-0.2, 0) is 6.54 Å². The van der Waals surface area contributed by atoms with E-state index in [4.69, 9.17) is 0 Å². The highest BCUT2D eigenvalue weighted by atomic mass is 19.1. The third-order valence-corrected chi connectivity index (χ3v) is 5.78. The number of likely N-dealkylation sites (N-methyl/N-ethyl adjacent to an activating group) is 1. The number of H-pyrrole nitrogens is 1. The van der Waals surface area contributed by atoms with Gasteiger partial charge < -0.3 is 15.4 Å². The van der Waals surface area contributed by atoms with Crippen molar-refractivity contribution < 1.29 is 9.50 Å². The van der Waals surface area contributed by atoms with Crippen LogP contribution in [0, 0.1) is 11.7 Å². The zero-order chi connectivity index (χ0) is 18.8. The molecule has 27 heavy (non-hydrogen) atoms. The van der Waals surface area contributed by atoms with Gasteiger partial charge in [0.05, 0.1) is 6.61 Å². The van der Waals surface area contributed by atoms with Crippen molar-refractivity contribution in [2.24, 2.45) is 5.92 Å². The van der Waals surface area contributed by atoms with Gasteiger partial charge in [-0.3, -0.25) is 4.90 Å². The Balaban J connectivity index is 1.46. The lowest BCUT2D eigenvalue weighted by molar-refractivity contribution is 0.151. The van der Waals surface area contributed by atoms with Crippen LogP contribution in [0.2, 0.25) is 0 Å². The summed E-state index contributed by atoms with van der Waals surface area (Å²) in [6, 6.07) is 17.4. The fourth-order valence-electron chi connectivity index (χ4n) is 4.41. The summed E-state index contributed by atoms with van der Waals surface area (Å²) in [5.74, 6) is 0.0713. The Labute approximate surface area is 159 Å². The van der Waals surface area contributed by atoms with Crippen LogP contribution in [0.1, 0.15) is 23.7 Å². The monoisotopic (exact) mass is 367 g/mol. The second kappa shape index (κ2) is 7.80. The Bertz CT molecular complexity index is 876. The van der Waals surface area contributed by atoms with Crippen LogP contribution in [0.15, 0.2) is 54.6 Å². The van der Waals surface area contributed by atoms with Crippen molar-refractivity contribution in [3.63, 3.8) is 0 Å². The molecule has 3 N–H and O–H groups in total. The molecule has 142 valence electrons. The Morgan fingerprint density at radius 3 is 2.74 bits per heavy atom. The van der Waals surface area contributed by atoms with Gasteiger partial charge in [0, 0.05) is 41.9 Å². The van der Waals surface area contributed by atoms with E-state index in [0.29, 0.717) is 5.56 Å². The van der Waals surface area contributed by atoms with Crippen molar-refractivity contribution in [1.82, 2.24) is 15.2 Å². The lowest BCUT2D eigenvalue weighted by Crippen LogP contribution is -2.32. The smallest absolute Gasteiger partial charge is 0.127 e. The third-order valence-electron chi connectivity index (χ3n) is 5.78.